The van der Waals surface area contributed by atoms with Crippen molar-refractivity contribution in [1.82, 2.24) is 4.98 Å². The van der Waals surface area contributed by atoms with Crippen LogP contribution < -0.4 is 0 Å². The van der Waals surface area contributed by atoms with Gasteiger partial charge in [0.1, 0.15) is 0 Å². The zero-order valence-electron chi connectivity index (χ0n) is 10.8. The number of ether oxygens (including phenoxy) is 2. The number of hydrogen-bond acceptors (Lipinski definition) is 5. The van der Waals surface area contributed by atoms with Gasteiger partial charge in [-0.3, -0.25) is 4.79 Å². The van der Waals surface area contributed by atoms with E-state index in [2.05, 4.69) is 4.98 Å². The molecule has 0 radical (unpaired) electrons. The second-order valence-electron chi connectivity index (χ2n) is 4.65. The van der Waals surface area contributed by atoms with E-state index >= 15 is 0 Å². The largest absolute Gasteiger partial charge is 0.469 e. The van der Waals surface area contributed by atoms with Crippen molar-refractivity contribution in [2.75, 3.05) is 7.11 Å². The Balaban J connectivity index is 1.72. The summed E-state index contributed by atoms with van der Waals surface area (Å²) in [5.41, 5.74) is 0. The summed E-state index contributed by atoms with van der Waals surface area (Å²) in [6.45, 7) is 2.63. The number of carbonyl (C=O) groups is 1. The molecule has 0 aliphatic heterocycles. The number of nitrogens with zero attached hydrogens (tertiary/aromatic N) is 1. The zero-order valence-corrected chi connectivity index (χ0v) is 11.7. The molecule has 2 rings (SSSR count). The molecule has 0 aromatic carbocycles. The summed E-state index contributed by atoms with van der Waals surface area (Å²) >= 11 is 1.68. The number of carbonyl (C=O) groups excluding carboxylic acids is 1. The van der Waals surface area contributed by atoms with Crippen molar-refractivity contribution >= 4 is 17.3 Å². The standard InChI is InChI=1S/C13H19NO3S/c1-9-14-7-12(18-9)8-17-11-5-3-10(4-6-11)13(15)16-2/h7,10-11H,3-6,8H2,1-2H3. The fraction of sp³-hybridized carbons (Fsp3) is 0.692. The van der Waals surface area contributed by atoms with Gasteiger partial charge < -0.3 is 9.47 Å². The maximum atomic E-state index is 11.4. The van der Waals surface area contributed by atoms with Crippen molar-refractivity contribution in [1.29, 1.82) is 0 Å². The van der Waals surface area contributed by atoms with Crippen molar-refractivity contribution in [2.45, 2.75) is 45.3 Å². The molecule has 1 aliphatic carbocycles. The van der Waals surface area contributed by atoms with Crippen LogP contribution in [0.4, 0.5) is 0 Å². The van der Waals surface area contributed by atoms with Crippen molar-refractivity contribution in [2.24, 2.45) is 5.92 Å². The fourth-order valence-electron chi connectivity index (χ4n) is 2.30. The fourth-order valence-corrected chi connectivity index (χ4v) is 3.02. The Morgan fingerprint density at radius 1 is 1.44 bits per heavy atom. The molecule has 18 heavy (non-hydrogen) atoms. The van der Waals surface area contributed by atoms with Gasteiger partial charge in [0.2, 0.25) is 0 Å². The lowest BCUT2D eigenvalue weighted by molar-refractivity contribution is -0.147. The Kier molecular flexibility index (Phi) is 4.72. The summed E-state index contributed by atoms with van der Waals surface area (Å²) in [4.78, 5) is 16.8. The zero-order chi connectivity index (χ0) is 13.0. The molecule has 5 heteroatoms. The highest BCUT2D eigenvalue weighted by Gasteiger charge is 2.27. The molecule has 0 unspecified atom stereocenters. The third-order valence-corrected chi connectivity index (χ3v) is 4.23. The number of thiazole rings is 1. The van der Waals surface area contributed by atoms with Crippen molar-refractivity contribution < 1.29 is 14.3 Å². The number of aromatic nitrogens is 1. The van der Waals surface area contributed by atoms with E-state index < -0.39 is 0 Å². The average Bonchev–Trinajstić information content (AvgIpc) is 2.82. The Morgan fingerprint density at radius 2 is 2.17 bits per heavy atom. The highest BCUT2D eigenvalue weighted by Crippen LogP contribution is 2.28. The van der Waals surface area contributed by atoms with E-state index in [1.165, 1.54) is 12.0 Å². The van der Waals surface area contributed by atoms with E-state index in [0.29, 0.717) is 6.61 Å². The van der Waals surface area contributed by atoms with Crippen molar-refractivity contribution in [3.05, 3.63) is 16.1 Å². The monoisotopic (exact) mass is 269 g/mol. The molecule has 0 spiro atoms. The van der Waals surface area contributed by atoms with E-state index in [4.69, 9.17) is 9.47 Å². The van der Waals surface area contributed by atoms with Gasteiger partial charge in [0.25, 0.3) is 0 Å². The number of rotatable bonds is 4. The van der Waals surface area contributed by atoms with Gasteiger partial charge in [-0.25, -0.2) is 4.98 Å². The summed E-state index contributed by atoms with van der Waals surface area (Å²) in [6, 6.07) is 0. The Bertz CT molecular complexity index is 397. The SMILES string of the molecule is COC(=O)C1CCC(OCc2cnc(C)s2)CC1. The van der Waals surface area contributed by atoms with Crippen LogP contribution in [0.25, 0.3) is 0 Å². The maximum absolute atomic E-state index is 11.4. The topological polar surface area (TPSA) is 48.4 Å². The van der Waals surface area contributed by atoms with Crippen LogP contribution >= 0.6 is 11.3 Å². The minimum Gasteiger partial charge on any atom is -0.469 e. The summed E-state index contributed by atoms with van der Waals surface area (Å²) in [7, 11) is 1.46. The lowest BCUT2D eigenvalue weighted by Gasteiger charge is -2.26. The molecule has 100 valence electrons. The summed E-state index contributed by atoms with van der Waals surface area (Å²) in [5.74, 6) is -0.00738. The molecule has 1 heterocycles. The van der Waals surface area contributed by atoms with Crippen LogP contribution in [0.3, 0.4) is 0 Å². The normalized spacial score (nSPS) is 23.9. The number of aryl methyl sites for hydroxylation is 1. The second kappa shape index (κ2) is 6.29. The molecule has 1 aromatic rings. The van der Waals surface area contributed by atoms with E-state index in [-0.39, 0.29) is 18.0 Å². The van der Waals surface area contributed by atoms with Gasteiger partial charge in [-0.1, -0.05) is 0 Å². The van der Waals surface area contributed by atoms with Crippen molar-refractivity contribution in [3.8, 4) is 0 Å². The second-order valence-corrected chi connectivity index (χ2v) is 5.97. The molecule has 0 saturated heterocycles. The molecule has 1 fully saturated rings. The quantitative estimate of drug-likeness (QED) is 0.789. The minimum atomic E-state index is -0.0773. The van der Waals surface area contributed by atoms with Crippen LogP contribution in [0.15, 0.2) is 6.20 Å². The number of methoxy groups -OCH3 is 1. The maximum Gasteiger partial charge on any atom is 0.308 e. The Hall–Kier alpha value is -0.940. The molecule has 1 aliphatic rings. The summed E-state index contributed by atoms with van der Waals surface area (Å²) in [6.07, 6.45) is 5.78. The first-order valence-corrected chi connectivity index (χ1v) is 7.11. The summed E-state index contributed by atoms with van der Waals surface area (Å²) < 4.78 is 10.6. The first-order chi connectivity index (χ1) is 8.69. The highest BCUT2D eigenvalue weighted by atomic mass is 32.1. The van der Waals surface area contributed by atoms with Crippen LogP contribution in [0.2, 0.25) is 0 Å². The molecule has 0 atom stereocenters. The van der Waals surface area contributed by atoms with E-state index in [1.807, 2.05) is 13.1 Å². The molecule has 1 saturated carbocycles. The van der Waals surface area contributed by atoms with Crippen LogP contribution in [0, 0.1) is 12.8 Å². The predicted molar refractivity (Wildman–Crippen MR) is 69.4 cm³/mol. The van der Waals surface area contributed by atoms with Gasteiger partial charge >= 0.3 is 5.97 Å². The smallest absolute Gasteiger partial charge is 0.308 e. The van der Waals surface area contributed by atoms with Gasteiger partial charge in [0, 0.05) is 6.20 Å². The molecule has 0 amide bonds. The first-order valence-electron chi connectivity index (χ1n) is 6.29. The van der Waals surface area contributed by atoms with Crippen LogP contribution in [0.5, 0.6) is 0 Å². The first kappa shape index (κ1) is 13.5. The average molecular weight is 269 g/mol. The third-order valence-electron chi connectivity index (χ3n) is 3.34. The Morgan fingerprint density at radius 3 is 2.72 bits per heavy atom. The van der Waals surface area contributed by atoms with E-state index in [9.17, 15) is 4.79 Å². The number of esters is 1. The summed E-state index contributed by atoms with van der Waals surface area (Å²) in [5, 5.41) is 1.07. The minimum absolute atomic E-state index is 0.0699. The van der Waals surface area contributed by atoms with E-state index in [1.54, 1.807) is 11.3 Å². The highest BCUT2D eigenvalue weighted by molar-refractivity contribution is 7.11. The van der Waals surface area contributed by atoms with Crippen LogP contribution in [0.1, 0.15) is 35.6 Å². The number of hydrogen-bond donors (Lipinski definition) is 0. The third kappa shape index (κ3) is 3.53. The molecule has 4 nitrogen and oxygen atoms in total. The lowest BCUT2D eigenvalue weighted by atomic mass is 9.87. The molecule has 1 aromatic heterocycles. The van der Waals surface area contributed by atoms with Crippen LogP contribution in [-0.2, 0) is 20.9 Å². The Labute approximate surface area is 111 Å². The molecular weight excluding hydrogens is 250 g/mol. The van der Waals surface area contributed by atoms with Gasteiger partial charge in [0.15, 0.2) is 0 Å². The van der Waals surface area contributed by atoms with Gasteiger partial charge in [0.05, 0.1) is 35.6 Å². The van der Waals surface area contributed by atoms with Crippen molar-refractivity contribution in [3.63, 3.8) is 0 Å². The molecular formula is C13H19NO3S. The van der Waals surface area contributed by atoms with Gasteiger partial charge in [-0.2, -0.15) is 0 Å². The van der Waals surface area contributed by atoms with E-state index in [0.717, 1.165) is 30.7 Å². The lowest BCUT2D eigenvalue weighted by Crippen LogP contribution is -2.26. The predicted octanol–water partition coefficient (Wildman–Crippen LogP) is 2.70. The van der Waals surface area contributed by atoms with Gasteiger partial charge in [-0.05, 0) is 32.6 Å². The van der Waals surface area contributed by atoms with Crippen LogP contribution in [-0.4, -0.2) is 24.2 Å². The van der Waals surface area contributed by atoms with Gasteiger partial charge in [-0.15, -0.1) is 11.3 Å². The molecule has 0 N–H and O–H groups in total. The molecule has 0 bridgehead atoms.